The van der Waals surface area contributed by atoms with Crippen LogP contribution in [0.25, 0.3) is 0 Å². The topological polar surface area (TPSA) is 0 Å². The van der Waals surface area contributed by atoms with Crippen LogP contribution in [0.2, 0.25) is 0 Å². The Morgan fingerprint density at radius 3 is 0.667 bits per heavy atom. The zero-order chi connectivity index (χ0) is 3.54. The molecule has 0 aromatic rings. The molecule has 1 unspecified atom stereocenters. The molecule has 0 radical (unpaired) electrons. The standard InChI is InChI=1S/C5H10.3ClH.H3P/c1-2-4-5-3-1;;;;/h1-5H2;3*1H;1H3. The second-order valence-electron chi connectivity index (χ2n) is 1.77. The molecule has 0 N–H and O–H groups in total. The van der Waals surface area contributed by atoms with Crippen molar-refractivity contribution in [3.8, 4) is 0 Å². The third-order valence-electron chi connectivity index (χ3n) is 1.25. The molecule has 0 saturated heterocycles. The van der Waals surface area contributed by atoms with E-state index in [0.717, 1.165) is 0 Å². The molecular formula is C5H16Cl3P. The van der Waals surface area contributed by atoms with Gasteiger partial charge >= 0.3 is 0 Å². The van der Waals surface area contributed by atoms with Crippen LogP contribution in [0.3, 0.4) is 0 Å². The van der Waals surface area contributed by atoms with Crippen LogP contribution < -0.4 is 0 Å². The van der Waals surface area contributed by atoms with Gasteiger partial charge in [0.2, 0.25) is 0 Å². The molecule has 0 spiro atoms. The molecule has 0 aliphatic heterocycles. The van der Waals surface area contributed by atoms with Crippen molar-refractivity contribution >= 4 is 47.1 Å². The Morgan fingerprint density at radius 2 is 0.556 bits per heavy atom. The molecule has 9 heavy (non-hydrogen) atoms. The van der Waals surface area contributed by atoms with Gasteiger partial charge in [0.05, 0.1) is 0 Å². The summed E-state index contributed by atoms with van der Waals surface area (Å²) in [5.41, 5.74) is 0. The Morgan fingerprint density at radius 1 is 0.444 bits per heavy atom. The lowest BCUT2D eigenvalue weighted by Crippen LogP contribution is -1.47. The number of hydrogen-bond donors (Lipinski definition) is 0. The van der Waals surface area contributed by atoms with Gasteiger partial charge in [-0.15, -0.1) is 37.2 Å². The third kappa shape index (κ3) is 12.5. The van der Waals surface area contributed by atoms with E-state index >= 15 is 0 Å². The van der Waals surface area contributed by atoms with Crippen molar-refractivity contribution in [1.82, 2.24) is 0 Å². The average Bonchev–Trinajstić information content (AvgIpc) is 1.76. The minimum Gasteiger partial charge on any atom is -0.153 e. The normalized spacial score (nSPS) is 13.3. The number of halogens is 3. The van der Waals surface area contributed by atoms with Crippen molar-refractivity contribution in [2.75, 3.05) is 0 Å². The van der Waals surface area contributed by atoms with Gasteiger partial charge in [-0.25, -0.2) is 0 Å². The highest BCUT2D eigenvalue weighted by atomic mass is 35.5. The summed E-state index contributed by atoms with van der Waals surface area (Å²) in [6.07, 6.45) is 7.50. The van der Waals surface area contributed by atoms with E-state index in [1.807, 2.05) is 0 Å². The first-order valence-electron chi connectivity index (χ1n) is 2.50. The van der Waals surface area contributed by atoms with Crippen molar-refractivity contribution < 1.29 is 0 Å². The van der Waals surface area contributed by atoms with E-state index < -0.39 is 0 Å². The molecule has 0 aromatic heterocycles. The zero-order valence-electron chi connectivity index (χ0n) is 5.47. The molecule has 1 aliphatic rings. The van der Waals surface area contributed by atoms with E-state index in [-0.39, 0.29) is 47.1 Å². The first-order chi connectivity index (χ1) is 2.50. The van der Waals surface area contributed by atoms with Crippen LogP contribution in [0.4, 0.5) is 0 Å². The second kappa shape index (κ2) is 16.1. The first-order valence-corrected chi connectivity index (χ1v) is 2.50. The summed E-state index contributed by atoms with van der Waals surface area (Å²) in [5, 5.41) is 0. The largest absolute Gasteiger partial charge is 0.153 e. The molecule has 1 aliphatic carbocycles. The van der Waals surface area contributed by atoms with E-state index in [1.165, 1.54) is 32.1 Å². The van der Waals surface area contributed by atoms with Gasteiger partial charge in [-0.05, 0) is 0 Å². The summed E-state index contributed by atoms with van der Waals surface area (Å²) in [6.45, 7) is 0. The number of hydrogen-bond acceptors (Lipinski definition) is 0. The first kappa shape index (κ1) is 22.4. The molecule has 1 rings (SSSR count). The molecule has 62 valence electrons. The van der Waals surface area contributed by atoms with Gasteiger partial charge in [0.25, 0.3) is 0 Å². The van der Waals surface area contributed by atoms with Gasteiger partial charge < -0.3 is 0 Å². The lowest BCUT2D eigenvalue weighted by Gasteiger charge is -1.67. The summed E-state index contributed by atoms with van der Waals surface area (Å²) in [7, 11) is 0. The summed E-state index contributed by atoms with van der Waals surface area (Å²) in [6, 6.07) is 0. The van der Waals surface area contributed by atoms with Gasteiger partial charge in [0.1, 0.15) is 0 Å². The van der Waals surface area contributed by atoms with Crippen LogP contribution in [-0.2, 0) is 0 Å². The van der Waals surface area contributed by atoms with Crippen LogP contribution in [-0.4, -0.2) is 0 Å². The molecule has 0 nitrogen and oxygen atoms in total. The van der Waals surface area contributed by atoms with Crippen LogP contribution in [0.1, 0.15) is 32.1 Å². The molecule has 0 aromatic carbocycles. The number of rotatable bonds is 0. The van der Waals surface area contributed by atoms with Gasteiger partial charge in [0.15, 0.2) is 0 Å². The summed E-state index contributed by atoms with van der Waals surface area (Å²) in [4.78, 5) is 0. The van der Waals surface area contributed by atoms with Crippen LogP contribution >= 0.6 is 47.1 Å². The van der Waals surface area contributed by atoms with E-state index in [2.05, 4.69) is 0 Å². The van der Waals surface area contributed by atoms with Crippen molar-refractivity contribution in [2.45, 2.75) is 32.1 Å². The molecule has 0 amide bonds. The third-order valence-corrected chi connectivity index (χ3v) is 1.25. The predicted molar refractivity (Wildman–Crippen MR) is 55.9 cm³/mol. The summed E-state index contributed by atoms with van der Waals surface area (Å²) < 4.78 is 0. The highest BCUT2D eigenvalue weighted by molar-refractivity contribution is 6.92. The van der Waals surface area contributed by atoms with Crippen LogP contribution in [0, 0.1) is 0 Å². The van der Waals surface area contributed by atoms with E-state index in [0.29, 0.717) is 0 Å². The maximum atomic E-state index is 1.50. The molecule has 0 heterocycles. The highest BCUT2D eigenvalue weighted by Crippen LogP contribution is 2.15. The Labute approximate surface area is 79.4 Å². The molecule has 1 fully saturated rings. The van der Waals surface area contributed by atoms with Gasteiger partial charge in [-0.2, -0.15) is 9.90 Å². The lowest BCUT2D eigenvalue weighted by molar-refractivity contribution is 0.886. The Balaban J connectivity index is -0.0000000312. The fourth-order valence-corrected chi connectivity index (χ4v) is 0.884. The molecule has 4 heteroatoms. The SMILES string of the molecule is C1CCCC1.Cl.Cl.Cl.P. The Bertz CT molecular complexity index is 23.8. The van der Waals surface area contributed by atoms with Crippen molar-refractivity contribution in [2.24, 2.45) is 0 Å². The van der Waals surface area contributed by atoms with E-state index in [4.69, 9.17) is 0 Å². The zero-order valence-corrected chi connectivity index (χ0v) is 9.33. The molecule has 1 saturated carbocycles. The van der Waals surface area contributed by atoms with Crippen molar-refractivity contribution in [3.05, 3.63) is 0 Å². The summed E-state index contributed by atoms with van der Waals surface area (Å²) >= 11 is 0. The quantitative estimate of drug-likeness (QED) is 0.542. The van der Waals surface area contributed by atoms with Crippen molar-refractivity contribution in [3.63, 3.8) is 0 Å². The average molecular weight is 214 g/mol. The van der Waals surface area contributed by atoms with E-state index in [9.17, 15) is 0 Å². The van der Waals surface area contributed by atoms with Gasteiger partial charge in [0, 0.05) is 0 Å². The summed E-state index contributed by atoms with van der Waals surface area (Å²) in [5.74, 6) is 0. The second-order valence-corrected chi connectivity index (χ2v) is 1.77. The highest BCUT2D eigenvalue weighted by Gasteiger charge is 1.95. The van der Waals surface area contributed by atoms with E-state index in [1.54, 1.807) is 0 Å². The Hall–Kier alpha value is 1.30. The van der Waals surface area contributed by atoms with Crippen LogP contribution in [0.5, 0.6) is 0 Å². The fourth-order valence-electron chi connectivity index (χ4n) is 0.884. The van der Waals surface area contributed by atoms with Gasteiger partial charge in [-0.1, -0.05) is 32.1 Å². The minimum absolute atomic E-state index is 0. The fraction of sp³-hybridized carbons (Fsp3) is 1.00. The Kier molecular flexibility index (Phi) is 40.3. The lowest BCUT2D eigenvalue weighted by atomic mass is 10.4. The maximum Gasteiger partial charge on any atom is -0.0533 e. The minimum atomic E-state index is 0. The predicted octanol–water partition coefficient (Wildman–Crippen LogP) is 3.27. The van der Waals surface area contributed by atoms with Crippen LogP contribution in [0.15, 0.2) is 0 Å². The maximum absolute atomic E-state index is 1.50. The van der Waals surface area contributed by atoms with Gasteiger partial charge in [-0.3, -0.25) is 0 Å². The smallest absolute Gasteiger partial charge is 0.0533 e. The molecule has 1 atom stereocenters. The monoisotopic (exact) mass is 212 g/mol. The molecular weight excluding hydrogens is 197 g/mol. The molecule has 0 bridgehead atoms. The van der Waals surface area contributed by atoms with Crippen molar-refractivity contribution in [1.29, 1.82) is 0 Å².